The summed E-state index contributed by atoms with van der Waals surface area (Å²) in [7, 11) is 1.95. The molecule has 1 aromatic carbocycles. The first kappa shape index (κ1) is 10.6. The van der Waals surface area contributed by atoms with E-state index in [0.29, 0.717) is 6.04 Å². The van der Waals surface area contributed by atoms with E-state index in [1.54, 1.807) is 12.1 Å². The monoisotopic (exact) mass is 207 g/mol. The molecule has 0 heterocycles. The first-order valence-corrected chi connectivity index (χ1v) is 5.48. The number of hydrogen-bond acceptors (Lipinski definition) is 1. The van der Waals surface area contributed by atoms with Crippen LogP contribution in [0.1, 0.15) is 37.4 Å². The third-order valence-electron chi connectivity index (χ3n) is 3.29. The summed E-state index contributed by atoms with van der Waals surface area (Å²) in [5, 5.41) is 3.28. The lowest BCUT2D eigenvalue weighted by Gasteiger charge is -2.37. The largest absolute Gasteiger partial charge is 0.313 e. The van der Waals surface area contributed by atoms with Crippen LogP contribution < -0.4 is 5.32 Å². The van der Waals surface area contributed by atoms with Crippen molar-refractivity contribution >= 4 is 0 Å². The van der Waals surface area contributed by atoms with Gasteiger partial charge in [0.2, 0.25) is 0 Å². The SMILES string of the molecule is CNC1CC(C)(C)Cc2c(F)cccc21. The maximum Gasteiger partial charge on any atom is 0.126 e. The number of nitrogens with one attached hydrogen (secondary N) is 1. The van der Waals surface area contributed by atoms with Gasteiger partial charge in [-0.2, -0.15) is 0 Å². The van der Waals surface area contributed by atoms with Gasteiger partial charge in [0.05, 0.1) is 0 Å². The van der Waals surface area contributed by atoms with Gasteiger partial charge in [-0.25, -0.2) is 4.39 Å². The normalized spacial score (nSPS) is 23.6. The summed E-state index contributed by atoms with van der Waals surface area (Å²) in [6.07, 6.45) is 1.91. The number of halogens is 1. The summed E-state index contributed by atoms with van der Waals surface area (Å²) in [6.45, 7) is 4.40. The Morgan fingerprint density at radius 3 is 2.80 bits per heavy atom. The Labute approximate surface area is 90.7 Å². The molecular weight excluding hydrogens is 189 g/mol. The van der Waals surface area contributed by atoms with Crippen LogP contribution in [-0.4, -0.2) is 7.05 Å². The van der Waals surface area contributed by atoms with E-state index >= 15 is 0 Å². The van der Waals surface area contributed by atoms with Gasteiger partial charge in [-0.15, -0.1) is 0 Å². The Hall–Kier alpha value is -0.890. The van der Waals surface area contributed by atoms with Gasteiger partial charge in [-0.3, -0.25) is 0 Å². The topological polar surface area (TPSA) is 12.0 Å². The highest BCUT2D eigenvalue weighted by molar-refractivity contribution is 5.34. The summed E-state index contributed by atoms with van der Waals surface area (Å²) >= 11 is 0. The van der Waals surface area contributed by atoms with Gasteiger partial charge >= 0.3 is 0 Å². The summed E-state index contributed by atoms with van der Waals surface area (Å²) < 4.78 is 13.7. The number of hydrogen-bond donors (Lipinski definition) is 1. The van der Waals surface area contributed by atoms with E-state index in [0.717, 1.165) is 24.0 Å². The molecule has 1 aromatic rings. The van der Waals surface area contributed by atoms with Gasteiger partial charge < -0.3 is 5.32 Å². The molecule has 0 bridgehead atoms. The Bertz CT molecular complexity index is 371. The molecule has 2 rings (SSSR count). The molecule has 15 heavy (non-hydrogen) atoms. The average Bonchev–Trinajstić information content (AvgIpc) is 2.17. The van der Waals surface area contributed by atoms with E-state index in [2.05, 4.69) is 19.2 Å². The molecule has 1 unspecified atom stereocenters. The minimum atomic E-state index is -0.0551. The van der Waals surface area contributed by atoms with Gasteiger partial charge in [0, 0.05) is 6.04 Å². The van der Waals surface area contributed by atoms with Crippen molar-refractivity contribution in [2.24, 2.45) is 5.41 Å². The van der Waals surface area contributed by atoms with Crippen molar-refractivity contribution in [3.63, 3.8) is 0 Å². The molecular formula is C13H18FN. The Morgan fingerprint density at radius 1 is 1.40 bits per heavy atom. The fourth-order valence-corrected chi connectivity index (χ4v) is 2.56. The highest BCUT2D eigenvalue weighted by Gasteiger charge is 2.32. The summed E-state index contributed by atoms with van der Waals surface area (Å²) in [5.41, 5.74) is 2.22. The molecule has 1 atom stereocenters. The zero-order chi connectivity index (χ0) is 11.1. The molecule has 2 heteroatoms. The molecule has 1 aliphatic carbocycles. The smallest absolute Gasteiger partial charge is 0.126 e. The van der Waals surface area contributed by atoms with Crippen molar-refractivity contribution in [3.05, 3.63) is 35.1 Å². The van der Waals surface area contributed by atoms with E-state index in [1.807, 2.05) is 13.1 Å². The molecule has 1 nitrogen and oxygen atoms in total. The standard InChI is InChI=1S/C13H18FN/c1-13(2)7-10-9(12(8-13)15-3)5-4-6-11(10)14/h4-6,12,15H,7-8H2,1-3H3. The molecule has 0 radical (unpaired) electrons. The first-order chi connectivity index (χ1) is 7.03. The van der Waals surface area contributed by atoms with Crippen LogP contribution in [0.5, 0.6) is 0 Å². The maximum absolute atomic E-state index is 13.7. The van der Waals surface area contributed by atoms with Crippen LogP contribution >= 0.6 is 0 Å². The van der Waals surface area contributed by atoms with Crippen molar-refractivity contribution < 1.29 is 4.39 Å². The van der Waals surface area contributed by atoms with Gasteiger partial charge in [-0.05, 0) is 42.5 Å². The van der Waals surface area contributed by atoms with Crippen LogP contribution in [0, 0.1) is 11.2 Å². The van der Waals surface area contributed by atoms with Gasteiger partial charge in [0.25, 0.3) is 0 Å². The van der Waals surface area contributed by atoms with Crippen molar-refractivity contribution in [1.29, 1.82) is 0 Å². The molecule has 1 N–H and O–H groups in total. The quantitative estimate of drug-likeness (QED) is 0.746. The number of rotatable bonds is 1. The van der Waals surface area contributed by atoms with Crippen LogP contribution in [0.3, 0.4) is 0 Å². The van der Waals surface area contributed by atoms with Gasteiger partial charge in [0.15, 0.2) is 0 Å². The minimum absolute atomic E-state index is 0.0551. The Morgan fingerprint density at radius 2 is 2.13 bits per heavy atom. The van der Waals surface area contributed by atoms with E-state index in [9.17, 15) is 4.39 Å². The summed E-state index contributed by atoms with van der Waals surface area (Å²) in [5.74, 6) is -0.0551. The third-order valence-corrected chi connectivity index (χ3v) is 3.29. The molecule has 82 valence electrons. The molecule has 0 aromatic heterocycles. The molecule has 0 saturated heterocycles. The van der Waals surface area contributed by atoms with Crippen LogP contribution in [0.15, 0.2) is 18.2 Å². The van der Waals surface area contributed by atoms with Crippen molar-refractivity contribution in [1.82, 2.24) is 5.32 Å². The fourth-order valence-electron chi connectivity index (χ4n) is 2.56. The summed E-state index contributed by atoms with van der Waals surface area (Å²) in [4.78, 5) is 0. The lowest BCUT2D eigenvalue weighted by molar-refractivity contribution is 0.260. The fraction of sp³-hybridized carbons (Fsp3) is 0.538. The van der Waals surface area contributed by atoms with Crippen LogP contribution in [0.4, 0.5) is 4.39 Å². The second-order valence-electron chi connectivity index (χ2n) is 5.19. The molecule has 0 fully saturated rings. The highest BCUT2D eigenvalue weighted by atomic mass is 19.1. The van der Waals surface area contributed by atoms with Crippen molar-refractivity contribution in [2.75, 3.05) is 7.05 Å². The van der Waals surface area contributed by atoms with Gasteiger partial charge in [-0.1, -0.05) is 26.0 Å². The van der Waals surface area contributed by atoms with Gasteiger partial charge in [0.1, 0.15) is 5.82 Å². The highest BCUT2D eigenvalue weighted by Crippen LogP contribution is 2.41. The van der Waals surface area contributed by atoms with Crippen molar-refractivity contribution in [2.45, 2.75) is 32.7 Å². The average molecular weight is 207 g/mol. The van der Waals surface area contributed by atoms with E-state index in [-0.39, 0.29) is 11.2 Å². The van der Waals surface area contributed by atoms with Crippen molar-refractivity contribution in [3.8, 4) is 0 Å². The zero-order valence-electron chi connectivity index (χ0n) is 9.60. The lowest BCUT2D eigenvalue weighted by Crippen LogP contribution is -2.32. The summed E-state index contributed by atoms with van der Waals surface area (Å²) in [6, 6.07) is 5.69. The Kier molecular flexibility index (Phi) is 2.55. The van der Waals surface area contributed by atoms with Crippen LogP contribution in [-0.2, 0) is 6.42 Å². The number of benzene rings is 1. The molecule has 0 amide bonds. The lowest BCUT2D eigenvalue weighted by atomic mass is 9.72. The second-order valence-corrected chi connectivity index (χ2v) is 5.19. The third kappa shape index (κ3) is 1.91. The number of fused-ring (bicyclic) bond motifs is 1. The zero-order valence-corrected chi connectivity index (χ0v) is 9.60. The minimum Gasteiger partial charge on any atom is -0.313 e. The molecule has 0 saturated carbocycles. The van der Waals surface area contributed by atoms with Crippen LogP contribution in [0.25, 0.3) is 0 Å². The van der Waals surface area contributed by atoms with E-state index < -0.39 is 0 Å². The predicted molar refractivity (Wildman–Crippen MR) is 60.3 cm³/mol. The molecule has 1 aliphatic rings. The molecule has 0 spiro atoms. The van der Waals surface area contributed by atoms with E-state index in [4.69, 9.17) is 0 Å². The predicted octanol–water partition coefficient (Wildman–Crippen LogP) is 3.06. The maximum atomic E-state index is 13.7. The Balaban J connectivity index is 2.49. The second kappa shape index (κ2) is 3.60. The van der Waals surface area contributed by atoms with Crippen LogP contribution in [0.2, 0.25) is 0 Å². The molecule has 0 aliphatic heterocycles. The first-order valence-electron chi connectivity index (χ1n) is 5.48. The van der Waals surface area contributed by atoms with E-state index in [1.165, 1.54) is 0 Å².